The van der Waals surface area contributed by atoms with E-state index in [4.69, 9.17) is 5.73 Å². The number of rotatable bonds is 3. The zero-order valence-corrected chi connectivity index (χ0v) is 11.3. The fourth-order valence-corrected chi connectivity index (χ4v) is 2.93. The second-order valence-corrected chi connectivity index (χ2v) is 5.65. The minimum absolute atomic E-state index is 0.855. The lowest BCUT2D eigenvalue weighted by molar-refractivity contribution is 0.547. The molecule has 88 valence electrons. The van der Waals surface area contributed by atoms with E-state index >= 15 is 0 Å². The highest BCUT2D eigenvalue weighted by atomic mass is 79.9. The van der Waals surface area contributed by atoms with Crippen molar-refractivity contribution in [3.8, 4) is 0 Å². The first-order valence-electron chi connectivity index (χ1n) is 5.93. The van der Waals surface area contributed by atoms with Crippen LogP contribution >= 0.6 is 15.9 Å². The van der Waals surface area contributed by atoms with Crippen LogP contribution in [0.4, 0.5) is 11.4 Å². The van der Waals surface area contributed by atoms with Crippen LogP contribution < -0.4 is 10.6 Å². The first-order chi connectivity index (χ1) is 7.66. The number of nitrogen functional groups attached to an aromatic ring is 1. The van der Waals surface area contributed by atoms with Crippen LogP contribution in [-0.2, 0) is 0 Å². The Labute approximate surface area is 106 Å². The lowest BCUT2D eigenvalue weighted by Crippen LogP contribution is -2.24. The number of benzene rings is 1. The molecule has 3 heteroatoms. The van der Waals surface area contributed by atoms with Crippen molar-refractivity contribution >= 4 is 27.3 Å². The third-order valence-corrected chi connectivity index (χ3v) is 3.90. The molecule has 16 heavy (non-hydrogen) atoms. The zero-order valence-electron chi connectivity index (χ0n) is 9.75. The van der Waals surface area contributed by atoms with Crippen LogP contribution in [0.1, 0.15) is 25.7 Å². The number of nitrogens with zero attached hydrogens (tertiary/aromatic N) is 1. The van der Waals surface area contributed by atoms with Crippen LogP contribution in [0.25, 0.3) is 0 Å². The predicted octanol–water partition coefficient (Wildman–Crippen LogP) is 3.66. The smallest absolute Gasteiger partial charge is 0.0598 e. The molecular weight excluding hydrogens is 264 g/mol. The fraction of sp³-hybridized carbons (Fsp3) is 0.538. The zero-order chi connectivity index (χ0) is 11.5. The third kappa shape index (κ3) is 2.70. The molecular formula is C13H19BrN2. The van der Waals surface area contributed by atoms with Crippen molar-refractivity contribution in [1.82, 2.24) is 0 Å². The summed E-state index contributed by atoms with van der Waals surface area (Å²) in [5.74, 6) is 0.855. The summed E-state index contributed by atoms with van der Waals surface area (Å²) in [6.45, 7) is 1.13. The molecule has 1 aliphatic carbocycles. The highest BCUT2D eigenvalue weighted by molar-refractivity contribution is 9.10. The maximum Gasteiger partial charge on any atom is 0.0598 e. The molecule has 0 atom stereocenters. The molecule has 0 radical (unpaired) electrons. The lowest BCUT2D eigenvalue weighted by Gasteiger charge is -2.24. The van der Waals surface area contributed by atoms with Crippen LogP contribution in [0, 0.1) is 5.92 Å². The SMILES string of the molecule is CN(CC1CCCC1)c1ccc(Br)cc1N. The summed E-state index contributed by atoms with van der Waals surface area (Å²) >= 11 is 3.44. The largest absolute Gasteiger partial charge is 0.397 e. The molecule has 2 rings (SSSR count). The van der Waals surface area contributed by atoms with Gasteiger partial charge in [-0.05, 0) is 37.0 Å². The molecule has 0 amide bonds. The molecule has 1 saturated carbocycles. The molecule has 2 nitrogen and oxygen atoms in total. The van der Waals surface area contributed by atoms with Crippen LogP contribution in [-0.4, -0.2) is 13.6 Å². The van der Waals surface area contributed by atoms with Gasteiger partial charge in [0.15, 0.2) is 0 Å². The predicted molar refractivity (Wildman–Crippen MR) is 73.8 cm³/mol. The fourth-order valence-electron chi connectivity index (χ4n) is 2.55. The molecule has 0 aliphatic heterocycles. The van der Waals surface area contributed by atoms with Crippen LogP contribution in [0.3, 0.4) is 0 Å². The van der Waals surface area contributed by atoms with E-state index in [-0.39, 0.29) is 0 Å². The van der Waals surface area contributed by atoms with Gasteiger partial charge < -0.3 is 10.6 Å². The van der Waals surface area contributed by atoms with Crippen molar-refractivity contribution in [2.75, 3.05) is 24.2 Å². The maximum atomic E-state index is 6.02. The summed E-state index contributed by atoms with van der Waals surface area (Å²) in [5, 5.41) is 0. The molecule has 1 aromatic carbocycles. The number of hydrogen-bond donors (Lipinski definition) is 1. The Bertz CT molecular complexity index is 359. The van der Waals surface area contributed by atoms with E-state index < -0.39 is 0 Å². The average Bonchev–Trinajstić information content (AvgIpc) is 2.70. The van der Waals surface area contributed by atoms with Crippen LogP contribution in [0.2, 0.25) is 0 Å². The standard InChI is InChI=1S/C13H19BrN2/c1-16(9-10-4-2-3-5-10)13-7-6-11(14)8-12(13)15/h6-8,10H,2-5,9,15H2,1H3. The van der Waals surface area contributed by atoms with Gasteiger partial charge in [-0.1, -0.05) is 28.8 Å². The highest BCUT2D eigenvalue weighted by Gasteiger charge is 2.17. The highest BCUT2D eigenvalue weighted by Crippen LogP contribution is 2.30. The van der Waals surface area contributed by atoms with E-state index in [0.29, 0.717) is 0 Å². The summed E-state index contributed by atoms with van der Waals surface area (Å²) < 4.78 is 1.04. The van der Waals surface area contributed by atoms with E-state index in [1.54, 1.807) is 0 Å². The maximum absolute atomic E-state index is 6.02. The molecule has 0 bridgehead atoms. The van der Waals surface area contributed by atoms with Gasteiger partial charge in [0.2, 0.25) is 0 Å². The van der Waals surface area contributed by atoms with Crippen molar-refractivity contribution in [2.45, 2.75) is 25.7 Å². The Hall–Kier alpha value is -0.700. The summed E-state index contributed by atoms with van der Waals surface area (Å²) in [6, 6.07) is 6.12. The molecule has 0 saturated heterocycles. The topological polar surface area (TPSA) is 29.3 Å². The van der Waals surface area contributed by atoms with Gasteiger partial charge in [-0.15, -0.1) is 0 Å². The molecule has 0 spiro atoms. The number of anilines is 2. The third-order valence-electron chi connectivity index (χ3n) is 3.41. The average molecular weight is 283 g/mol. The first-order valence-corrected chi connectivity index (χ1v) is 6.72. The van der Waals surface area contributed by atoms with E-state index in [1.807, 2.05) is 6.07 Å². The second-order valence-electron chi connectivity index (χ2n) is 4.73. The van der Waals surface area contributed by atoms with Gasteiger partial charge >= 0.3 is 0 Å². The van der Waals surface area contributed by atoms with Gasteiger partial charge in [0.05, 0.1) is 11.4 Å². The summed E-state index contributed by atoms with van der Waals surface area (Å²) in [7, 11) is 2.14. The molecule has 0 unspecified atom stereocenters. The first kappa shape index (κ1) is 11.8. The summed E-state index contributed by atoms with van der Waals surface area (Å²) in [5.41, 5.74) is 8.03. The van der Waals surface area contributed by atoms with Crippen LogP contribution in [0.15, 0.2) is 22.7 Å². The Kier molecular flexibility index (Phi) is 3.74. The number of halogens is 1. The number of hydrogen-bond acceptors (Lipinski definition) is 2. The van der Waals surface area contributed by atoms with Gasteiger partial charge in [-0.2, -0.15) is 0 Å². The van der Waals surface area contributed by atoms with E-state index in [1.165, 1.54) is 25.7 Å². The Morgan fingerprint density at radius 2 is 2.06 bits per heavy atom. The minimum atomic E-state index is 0.855. The Morgan fingerprint density at radius 1 is 1.38 bits per heavy atom. The van der Waals surface area contributed by atoms with Gasteiger partial charge in [0, 0.05) is 18.1 Å². The molecule has 1 aliphatic rings. The Balaban J connectivity index is 2.04. The van der Waals surface area contributed by atoms with Crippen molar-refractivity contribution in [3.05, 3.63) is 22.7 Å². The van der Waals surface area contributed by atoms with Crippen molar-refractivity contribution in [2.24, 2.45) is 5.92 Å². The second kappa shape index (κ2) is 5.09. The molecule has 0 aromatic heterocycles. The number of nitrogens with two attached hydrogens (primary N) is 1. The monoisotopic (exact) mass is 282 g/mol. The van der Waals surface area contributed by atoms with Gasteiger partial charge in [0.1, 0.15) is 0 Å². The lowest BCUT2D eigenvalue weighted by atomic mass is 10.1. The summed E-state index contributed by atoms with van der Waals surface area (Å²) in [4.78, 5) is 2.29. The van der Waals surface area contributed by atoms with Crippen LogP contribution in [0.5, 0.6) is 0 Å². The van der Waals surface area contributed by atoms with Gasteiger partial charge in [-0.3, -0.25) is 0 Å². The molecule has 2 N–H and O–H groups in total. The normalized spacial score (nSPS) is 16.6. The van der Waals surface area contributed by atoms with Crippen molar-refractivity contribution in [1.29, 1.82) is 0 Å². The van der Waals surface area contributed by atoms with E-state index in [2.05, 4.69) is 40.0 Å². The molecule has 1 fully saturated rings. The van der Waals surface area contributed by atoms with Gasteiger partial charge in [0.25, 0.3) is 0 Å². The molecule has 0 heterocycles. The molecule has 1 aromatic rings. The Morgan fingerprint density at radius 3 is 2.69 bits per heavy atom. The van der Waals surface area contributed by atoms with E-state index in [9.17, 15) is 0 Å². The van der Waals surface area contributed by atoms with Crippen molar-refractivity contribution in [3.63, 3.8) is 0 Å². The van der Waals surface area contributed by atoms with Crippen molar-refractivity contribution < 1.29 is 0 Å². The summed E-state index contributed by atoms with van der Waals surface area (Å²) in [6.07, 6.45) is 5.55. The van der Waals surface area contributed by atoms with E-state index in [0.717, 1.165) is 28.3 Å². The quantitative estimate of drug-likeness (QED) is 0.858. The van der Waals surface area contributed by atoms with Gasteiger partial charge in [-0.25, -0.2) is 0 Å². The minimum Gasteiger partial charge on any atom is -0.397 e.